The zero-order chi connectivity index (χ0) is 16.9. The SMILES string of the molecule is CC(NC(=O)Nc1ccccc1)C(=O)N1CCCC1C1CCCC1. The Balaban J connectivity index is 1.54. The van der Waals surface area contributed by atoms with Crippen LogP contribution in [0.25, 0.3) is 0 Å². The molecule has 5 nitrogen and oxygen atoms in total. The second-order valence-corrected chi connectivity index (χ2v) is 6.97. The Morgan fingerprint density at radius 2 is 1.79 bits per heavy atom. The number of hydrogen-bond acceptors (Lipinski definition) is 2. The van der Waals surface area contributed by atoms with Gasteiger partial charge in [0.05, 0.1) is 0 Å². The molecule has 3 rings (SSSR count). The summed E-state index contributed by atoms with van der Waals surface area (Å²) < 4.78 is 0. The van der Waals surface area contributed by atoms with Crippen molar-refractivity contribution in [1.29, 1.82) is 0 Å². The Kier molecular flexibility index (Phi) is 5.38. The van der Waals surface area contributed by atoms with E-state index in [2.05, 4.69) is 10.6 Å². The second kappa shape index (κ2) is 7.69. The molecule has 0 spiro atoms. The number of benzene rings is 1. The van der Waals surface area contributed by atoms with Gasteiger partial charge in [0.2, 0.25) is 5.91 Å². The first-order valence-electron chi connectivity index (χ1n) is 9.08. The summed E-state index contributed by atoms with van der Waals surface area (Å²) in [5.41, 5.74) is 0.722. The van der Waals surface area contributed by atoms with Gasteiger partial charge in [0.25, 0.3) is 0 Å². The number of rotatable bonds is 4. The molecular formula is C19H27N3O2. The van der Waals surface area contributed by atoms with Crippen molar-refractivity contribution < 1.29 is 9.59 Å². The maximum atomic E-state index is 12.8. The number of carbonyl (C=O) groups is 2. The van der Waals surface area contributed by atoms with Crippen molar-refractivity contribution in [1.82, 2.24) is 10.2 Å². The van der Waals surface area contributed by atoms with Crippen LogP contribution in [0.5, 0.6) is 0 Å². The minimum atomic E-state index is -0.504. The number of carbonyl (C=O) groups excluding carboxylic acids is 2. The van der Waals surface area contributed by atoms with Gasteiger partial charge in [-0.15, -0.1) is 0 Å². The minimum Gasteiger partial charge on any atom is -0.338 e. The molecule has 2 fully saturated rings. The zero-order valence-corrected chi connectivity index (χ0v) is 14.3. The average molecular weight is 329 g/mol. The van der Waals surface area contributed by atoms with E-state index in [0.29, 0.717) is 12.0 Å². The van der Waals surface area contributed by atoms with Gasteiger partial charge in [-0.1, -0.05) is 31.0 Å². The average Bonchev–Trinajstić information content (AvgIpc) is 3.25. The Morgan fingerprint density at radius 3 is 2.50 bits per heavy atom. The fourth-order valence-electron chi connectivity index (χ4n) is 4.09. The summed E-state index contributed by atoms with van der Waals surface area (Å²) in [6, 6.07) is 8.80. The van der Waals surface area contributed by atoms with E-state index in [1.165, 1.54) is 25.7 Å². The molecule has 5 heteroatoms. The number of nitrogens with one attached hydrogen (secondary N) is 2. The van der Waals surface area contributed by atoms with Gasteiger partial charge >= 0.3 is 6.03 Å². The lowest BCUT2D eigenvalue weighted by Crippen LogP contribution is -2.50. The van der Waals surface area contributed by atoms with Gasteiger partial charge < -0.3 is 15.5 Å². The number of urea groups is 1. The van der Waals surface area contributed by atoms with E-state index in [4.69, 9.17) is 0 Å². The molecule has 2 unspecified atom stereocenters. The second-order valence-electron chi connectivity index (χ2n) is 6.97. The molecular weight excluding hydrogens is 302 g/mol. The summed E-state index contributed by atoms with van der Waals surface area (Å²) in [5.74, 6) is 0.703. The molecule has 1 aromatic carbocycles. The van der Waals surface area contributed by atoms with E-state index in [-0.39, 0.29) is 11.9 Å². The Bertz CT molecular complexity index is 569. The third-order valence-electron chi connectivity index (χ3n) is 5.28. The summed E-state index contributed by atoms with van der Waals surface area (Å²) in [5, 5.41) is 5.54. The summed E-state index contributed by atoms with van der Waals surface area (Å²) in [4.78, 5) is 26.9. The lowest BCUT2D eigenvalue weighted by molar-refractivity contribution is -0.134. The zero-order valence-electron chi connectivity index (χ0n) is 14.3. The van der Waals surface area contributed by atoms with E-state index in [9.17, 15) is 9.59 Å². The van der Waals surface area contributed by atoms with Crippen LogP contribution in [-0.4, -0.2) is 35.5 Å². The van der Waals surface area contributed by atoms with Gasteiger partial charge in [-0.05, 0) is 50.7 Å². The van der Waals surface area contributed by atoms with Gasteiger partial charge in [0.1, 0.15) is 6.04 Å². The highest BCUT2D eigenvalue weighted by molar-refractivity contribution is 5.93. The van der Waals surface area contributed by atoms with Crippen LogP contribution in [0.4, 0.5) is 10.5 Å². The summed E-state index contributed by atoms with van der Waals surface area (Å²) in [6.07, 6.45) is 7.25. The van der Waals surface area contributed by atoms with Gasteiger partial charge in [0.15, 0.2) is 0 Å². The first-order chi connectivity index (χ1) is 11.6. The van der Waals surface area contributed by atoms with Gasteiger partial charge in [0, 0.05) is 18.3 Å². The first-order valence-corrected chi connectivity index (χ1v) is 9.08. The molecule has 3 amide bonds. The van der Waals surface area contributed by atoms with Crippen molar-refractivity contribution in [3.05, 3.63) is 30.3 Å². The molecule has 1 saturated carbocycles. The molecule has 130 valence electrons. The lowest BCUT2D eigenvalue weighted by Gasteiger charge is -2.31. The highest BCUT2D eigenvalue weighted by Gasteiger charge is 2.37. The van der Waals surface area contributed by atoms with Crippen LogP contribution in [0, 0.1) is 5.92 Å². The molecule has 1 saturated heterocycles. The molecule has 1 aliphatic heterocycles. The molecule has 1 heterocycles. The van der Waals surface area contributed by atoms with E-state index < -0.39 is 6.04 Å². The molecule has 1 aliphatic carbocycles. The van der Waals surface area contributed by atoms with E-state index in [1.54, 1.807) is 6.92 Å². The molecule has 24 heavy (non-hydrogen) atoms. The highest BCUT2D eigenvalue weighted by Crippen LogP contribution is 2.35. The van der Waals surface area contributed by atoms with Crippen LogP contribution >= 0.6 is 0 Å². The van der Waals surface area contributed by atoms with E-state index >= 15 is 0 Å². The van der Waals surface area contributed by atoms with Crippen molar-refractivity contribution in [2.75, 3.05) is 11.9 Å². The van der Waals surface area contributed by atoms with Crippen LogP contribution in [-0.2, 0) is 4.79 Å². The number of para-hydroxylation sites is 1. The highest BCUT2D eigenvalue weighted by atomic mass is 16.2. The standard InChI is InChI=1S/C19H27N3O2/c1-14(20-19(24)21-16-10-3-2-4-11-16)18(23)22-13-7-12-17(22)15-8-5-6-9-15/h2-4,10-11,14-15,17H,5-9,12-13H2,1H3,(H2,20,21,24). The third kappa shape index (κ3) is 3.89. The van der Waals surface area contributed by atoms with E-state index in [1.807, 2.05) is 35.2 Å². The van der Waals surface area contributed by atoms with E-state index in [0.717, 1.165) is 25.1 Å². The molecule has 1 aromatic rings. The Morgan fingerprint density at radius 1 is 1.08 bits per heavy atom. The van der Waals surface area contributed by atoms with Crippen LogP contribution in [0.2, 0.25) is 0 Å². The fourth-order valence-corrected chi connectivity index (χ4v) is 4.09. The van der Waals surface area contributed by atoms with Crippen molar-refractivity contribution in [3.63, 3.8) is 0 Å². The van der Waals surface area contributed by atoms with Crippen molar-refractivity contribution in [2.45, 2.75) is 57.5 Å². The van der Waals surface area contributed by atoms with Gasteiger partial charge in [-0.25, -0.2) is 4.79 Å². The molecule has 0 radical (unpaired) electrons. The molecule has 2 atom stereocenters. The van der Waals surface area contributed by atoms with Crippen LogP contribution in [0.15, 0.2) is 30.3 Å². The fraction of sp³-hybridized carbons (Fsp3) is 0.579. The monoisotopic (exact) mass is 329 g/mol. The van der Waals surface area contributed by atoms with Crippen LogP contribution in [0.1, 0.15) is 45.4 Å². The van der Waals surface area contributed by atoms with Crippen molar-refractivity contribution in [2.24, 2.45) is 5.92 Å². The number of hydrogen-bond donors (Lipinski definition) is 2. The smallest absolute Gasteiger partial charge is 0.319 e. The molecule has 2 aliphatic rings. The maximum absolute atomic E-state index is 12.8. The normalized spacial score (nSPS) is 22.4. The number of anilines is 1. The molecule has 0 aromatic heterocycles. The lowest BCUT2D eigenvalue weighted by atomic mass is 9.95. The Hall–Kier alpha value is -2.04. The third-order valence-corrected chi connectivity index (χ3v) is 5.28. The van der Waals surface area contributed by atoms with Gasteiger partial charge in [-0.3, -0.25) is 4.79 Å². The minimum absolute atomic E-state index is 0.0487. The Labute approximate surface area is 143 Å². The van der Waals surface area contributed by atoms with Crippen molar-refractivity contribution in [3.8, 4) is 0 Å². The number of nitrogens with zero attached hydrogens (tertiary/aromatic N) is 1. The topological polar surface area (TPSA) is 61.4 Å². The summed E-state index contributed by atoms with van der Waals surface area (Å²) >= 11 is 0. The first kappa shape index (κ1) is 16.8. The van der Waals surface area contributed by atoms with Crippen molar-refractivity contribution >= 4 is 17.6 Å². The summed E-state index contributed by atoms with van der Waals surface area (Å²) in [7, 11) is 0. The maximum Gasteiger partial charge on any atom is 0.319 e. The predicted molar refractivity (Wildman–Crippen MR) is 94.8 cm³/mol. The van der Waals surface area contributed by atoms with Gasteiger partial charge in [-0.2, -0.15) is 0 Å². The van der Waals surface area contributed by atoms with Crippen LogP contribution < -0.4 is 10.6 Å². The quantitative estimate of drug-likeness (QED) is 0.889. The predicted octanol–water partition coefficient (Wildman–Crippen LogP) is 3.38. The largest absolute Gasteiger partial charge is 0.338 e. The van der Waals surface area contributed by atoms with Crippen LogP contribution in [0.3, 0.4) is 0 Å². The number of amides is 3. The summed E-state index contributed by atoms with van der Waals surface area (Å²) in [6.45, 7) is 2.60. The number of likely N-dealkylation sites (tertiary alicyclic amines) is 1. The molecule has 2 N–H and O–H groups in total. The molecule has 0 bridgehead atoms.